The lowest BCUT2D eigenvalue weighted by molar-refractivity contribution is 0.0554. The van der Waals surface area contributed by atoms with E-state index in [2.05, 4.69) is 24.1 Å². The van der Waals surface area contributed by atoms with Gasteiger partial charge in [0.2, 0.25) is 0 Å². The Morgan fingerprint density at radius 1 is 1.27 bits per heavy atom. The molecule has 15 heavy (non-hydrogen) atoms. The summed E-state index contributed by atoms with van der Waals surface area (Å²) in [5.41, 5.74) is 2.21. The lowest BCUT2D eigenvalue weighted by atomic mass is 10.2. The molecule has 0 radical (unpaired) electrons. The van der Waals surface area contributed by atoms with Gasteiger partial charge in [-0.2, -0.15) is 0 Å². The van der Waals surface area contributed by atoms with Gasteiger partial charge in [-0.15, -0.1) is 0 Å². The first-order chi connectivity index (χ1) is 7.24. The van der Waals surface area contributed by atoms with Gasteiger partial charge in [-0.05, 0) is 19.1 Å². The topological polar surface area (TPSA) is 12.5 Å². The summed E-state index contributed by atoms with van der Waals surface area (Å²) in [7, 11) is 0. The first-order valence-electron chi connectivity index (χ1n) is 5.56. The highest BCUT2D eigenvalue weighted by Gasteiger charge is 2.10. The zero-order chi connectivity index (χ0) is 11.7. The minimum atomic E-state index is 0.807. The van der Waals surface area contributed by atoms with E-state index in [1.165, 1.54) is 0 Å². The maximum Gasteiger partial charge on any atom is 0.0642 e. The smallest absolute Gasteiger partial charge is 0.0642 e. The summed E-state index contributed by atoms with van der Waals surface area (Å²) < 4.78 is 5.27. The molecule has 0 aromatic carbocycles. The third-order valence-corrected chi connectivity index (χ3v) is 1.98. The number of rotatable bonds is 3. The maximum atomic E-state index is 5.27. The van der Waals surface area contributed by atoms with Crippen molar-refractivity contribution < 1.29 is 4.74 Å². The third kappa shape index (κ3) is 5.43. The summed E-state index contributed by atoms with van der Waals surface area (Å²) in [6.07, 6.45) is 3.93. The minimum absolute atomic E-state index is 0.807. The van der Waals surface area contributed by atoms with Crippen molar-refractivity contribution in [2.45, 2.75) is 20.8 Å². The van der Waals surface area contributed by atoms with Crippen molar-refractivity contribution >= 4 is 0 Å². The van der Waals surface area contributed by atoms with Gasteiger partial charge in [0, 0.05) is 18.8 Å². The quantitative estimate of drug-likeness (QED) is 0.663. The predicted molar refractivity (Wildman–Crippen MR) is 66.8 cm³/mol. The highest BCUT2D eigenvalue weighted by atomic mass is 16.5. The molecule has 0 aliphatic carbocycles. The van der Waals surface area contributed by atoms with Gasteiger partial charge in [-0.3, -0.25) is 0 Å². The van der Waals surface area contributed by atoms with Crippen molar-refractivity contribution in [1.29, 1.82) is 0 Å². The second-order valence-corrected chi connectivity index (χ2v) is 3.22. The normalized spacial score (nSPS) is 16.5. The van der Waals surface area contributed by atoms with Gasteiger partial charge in [-0.1, -0.05) is 32.6 Å². The Kier molecular flexibility index (Phi) is 7.74. The third-order valence-electron chi connectivity index (χ3n) is 1.98. The van der Waals surface area contributed by atoms with E-state index < -0.39 is 0 Å². The molecule has 0 spiro atoms. The van der Waals surface area contributed by atoms with E-state index in [1.54, 1.807) is 0 Å². The second-order valence-electron chi connectivity index (χ2n) is 3.22. The molecule has 0 aromatic heterocycles. The number of morpholine rings is 1. The molecule has 0 unspecified atom stereocenters. The van der Waals surface area contributed by atoms with Crippen molar-refractivity contribution in [3.8, 4) is 0 Å². The Labute approximate surface area is 93.9 Å². The van der Waals surface area contributed by atoms with E-state index in [0.717, 1.165) is 37.6 Å². The van der Waals surface area contributed by atoms with Crippen LogP contribution in [0.15, 0.2) is 36.6 Å². The molecule has 0 amide bonds. The van der Waals surface area contributed by atoms with Crippen LogP contribution in [0.5, 0.6) is 0 Å². The fourth-order valence-corrected chi connectivity index (χ4v) is 1.35. The molecule has 0 aromatic rings. The zero-order valence-electron chi connectivity index (χ0n) is 10.3. The van der Waals surface area contributed by atoms with Gasteiger partial charge in [0.25, 0.3) is 0 Å². The molecule has 0 atom stereocenters. The van der Waals surface area contributed by atoms with Crippen LogP contribution in [0.4, 0.5) is 0 Å². The Morgan fingerprint density at radius 2 is 1.80 bits per heavy atom. The van der Waals surface area contributed by atoms with Crippen LogP contribution in [0.1, 0.15) is 20.8 Å². The molecule has 1 aliphatic heterocycles. The number of nitrogens with zero attached hydrogens (tertiary/aromatic N) is 1. The summed E-state index contributed by atoms with van der Waals surface area (Å²) in [5.74, 6) is 0. The molecule has 2 nitrogen and oxygen atoms in total. The standard InChI is InChI=1S/C11H17NO.C2H6/c1-4-11(9-10(2)3)12-5-7-13-8-6-12;1-2/h4,9H,1-2,5-8H2,3H3;1-2H3/b11-9+;. The number of hydrogen-bond acceptors (Lipinski definition) is 2. The van der Waals surface area contributed by atoms with Gasteiger partial charge in [0.1, 0.15) is 0 Å². The largest absolute Gasteiger partial charge is 0.378 e. The number of allylic oxidation sites excluding steroid dienone is 3. The molecular weight excluding hydrogens is 186 g/mol. The van der Waals surface area contributed by atoms with E-state index in [4.69, 9.17) is 4.74 Å². The highest BCUT2D eigenvalue weighted by molar-refractivity contribution is 5.25. The second kappa shape index (κ2) is 8.30. The number of ether oxygens (including phenoxy) is 1. The Balaban J connectivity index is 0.000000921. The summed E-state index contributed by atoms with van der Waals surface area (Å²) >= 11 is 0. The summed E-state index contributed by atoms with van der Waals surface area (Å²) in [6, 6.07) is 0. The van der Waals surface area contributed by atoms with Crippen LogP contribution in [0.3, 0.4) is 0 Å². The molecule has 1 fully saturated rings. The first-order valence-corrected chi connectivity index (χ1v) is 5.56. The Bertz CT molecular complexity index is 225. The zero-order valence-corrected chi connectivity index (χ0v) is 10.3. The molecule has 0 bridgehead atoms. The molecule has 1 heterocycles. The van der Waals surface area contributed by atoms with E-state index in [-0.39, 0.29) is 0 Å². The fourth-order valence-electron chi connectivity index (χ4n) is 1.35. The van der Waals surface area contributed by atoms with E-state index >= 15 is 0 Å². The van der Waals surface area contributed by atoms with Crippen LogP contribution in [0.25, 0.3) is 0 Å². The predicted octanol–water partition coefficient (Wildman–Crippen LogP) is 2.99. The van der Waals surface area contributed by atoms with Gasteiger partial charge in [0.05, 0.1) is 13.2 Å². The molecule has 0 saturated carbocycles. The average molecular weight is 209 g/mol. The van der Waals surface area contributed by atoms with E-state index in [0.29, 0.717) is 0 Å². The lowest BCUT2D eigenvalue weighted by Gasteiger charge is -2.29. The Hall–Kier alpha value is -1.02. The van der Waals surface area contributed by atoms with Crippen LogP contribution < -0.4 is 0 Å². The van der Waals surface area contributed by atoms with Crippen molar-refractivity contribution in [1.82, 2.24) is 4.90 Å². The maximum absolute atomic E-state index is 5.27. The van der Waals surface area contributed by atoms with Crippen LogP contribution in [-0.4, -0.2) is 31.2 Å². The Morgan fingerprint density at radius 3 is 2.20 bits per heavy atom. The van der Waals surface area contributed by atoms with Gasteiger partial charge in [0.15, 0.2) is 0 Å². The van der Waals surface area contributed by atoms with Crippen LogP contribution >= 0.6 is 0 Å². The SMILES string of the molecule is C=C/C(=C\C(=C)C)N1CCOCC1.CC. The van der Waals surface area contributed by atoms with Crippen LogP contribution in [-0.2, 0) is 4.74 Å². The average Bonchev–Trinajstić information content (AvgIpc) is 2.29. The molecular formula is C13H23NO. The van der Waals surface area contributed by atoms with E-state index in [9.17, 15) is 0 Å². The van der Waals surface area contributed by atoms with Crippen LogP contribution in [0, 0.1) is 0 Å². The van der Waals surface area contributed by atoms with Gasteiger partial charge < -0.3 is 9.64 Å². The monoisotopic (exact) mass is 209 g/mol. The van der Waals surface area contributed by atoms with E-state index in [1.807, 2.05) is 26.8 Å². The summed E-state index contributed by atoms with van der Waals surface area (Å²) in [6.45, 7) is 17.2. The molecule has 1 rings (SSSR count). The molecule has 2 heteroatoms. The summed E-state index contributed by atoms with van der Waals surface area (Å²) in [5, 5.41) is 0. The number of hydrogen-bond donors (Lipinski definition) is 0. The van der Waals surface area contributed by atoms with Gasteiger partial charge in [-0.25, -0.2) is 0 Å². The molecule has 86 valence electrons. The van der Waals surface area contributed by atoms with Crippen molar-refractivity contribution in [2.75, 3.05) is 26.3 Å². The minimum Gasteiger partial charge on any atom is -0.378 e. The van der Waals surface area contributed by atoms with Gasteiger partial charge >= 0.3 is 0 Å². The molecule has 1 saturated heterocycles. The molecule has 0 N–H and O–H groups in total. The van der Waals surface area contributed by atoms with Crippen molar-refractivity contribution in [3.63, 3.8) is 0 Å². The molecule has 1 aliphatic rings. The van der Waals surface area contributed by atoms with Crippen molar-refractivity contribution in [2.24, 2.45) is 0 Å². The van der Waals surface area contributed by atoms with Crippen LogP contribution in [0.2, 0.25) is 0 Å². The summed E-state index contributed by atoms with van der Waals surface area (Å²) in [4.78, 5) is 2.27. The lowest BCUT2D eigenvalue weighted by Crippen LogP contribution is -2.35. The first kappa shape index (κ1) is 14.0. The fraction of sp³-hybridized carbons (Fsp3) is 0.538. The highest BCUT2D eigenvalue weighted by Crippen LogP contribution is 2.10. The van der Waals surface area contributed by atoms with Crippen molar-refractivity contribution in [3.05, 3.63) is 36.6 Å².